The standard InChI is InChI=1S/C27H25F3N2O4/c28-27(29,30)26(34)32-17-16-20-10-6-11-23(24(20)36-32)31-25(33)21-12-14-22(15-13-21)35-18-5-4-9-19-7-2-1-3-8-19/h1-3,6-8,10-15H,4-5,9,16-18H2,(H,31,33). The Labute approximate surface area is 206 Å². The number of para-hydroxylation sites is 1. The van der Waals surface area contributed by atoms with E-state index in [1.165, 1.54) is 11.6 Å². The lowest BCUT2D eigenvalue weighted by molar-refractivity contribution is -0.210. The third-order valence-electron chi connectivity index (χ3n) is 5.69. The van der Waals surface area contributed by atoms with Gasteiger partial charge in [-0.05, 0) is 61.6 Å². The smallest absolute Gasteiger partial charge is 0.474 e. The summed E-state index contributed by atoms with van der Waals surface area (Å²) in [5.41, 5.74) is 2.40. The highest BCUT2D eigenvalue weighted by molar-refractivity contribution is 6.05. The van der Waals surface area contributed by atoms with Gasteiger partial charge in [0.15, 0.2) is 5.75 Å². The SMILES string of the molecule is O=C(Nc1cccc2c1ON(C(=O)C(F)(F)F)CC2)c1ccc(OCCCCc2ccccc2)cc1. The summed E-state index contributed by atoms with van der Waals surface area (Å²) in [5.74, 6) is -1.91. The summed E-state index contributed by atoms with van der Waals surface area (Å²) in [6.45, 7) is 0.315. The molecule has 0 unspecified atom stereocenters. The van der Waals surface area contributed by atoms with Crippen molar-refractivity contribution in [2.24, 2.45) is 0 Å². The minimum atomic E-state index is -5.05. The molecule has 188 valence electrons. The number of hydrogen-bond donors (Lipinski definition) is 1. The average molecular weight is 499 g/mol. The summed E-state index contributed by atoms with van der Waals surface area (Å²) in [7, 11) is 0. The van der Waals surface area contributed by atoms with E-state index in [0.29, 0.717) is 23.5 Å². The molecule has 2 amide bonds. The molecule has 3 aromatic carbocycles. The number of rotatable bonds is 8. The van der Waals surface area contributed by atoms with Crippen molar-refractivity contribution >= 4 is 17.5 Å². The van der Waals surface area contributed by atoms with Crippen molar-refractivity contribution in [2.75, 3.05) is 18.5 Å². The first-order valence-corrected chi connectivity index (χ1v) is 11.6. The Hall–Kier alpha value is -4.01. The van der Waals surface area contributed by atoms with Gasteiger partial charge in [0.25, 0.3) is 5.91 Å². The van der Waals surface area contributed by atoms with E-state index in [0.717, 1.165) is 19.3 Å². The number of amides is 2. The number of fused-ring (bicyclic) bond motifs is 1. The molecule has 0 spiro atoms. The summed E-state index contributed by atoms with van der Waals surface area (Å²) >= 11 is 0. The van der Waals surface area contributed by atoms with Crippen LogP contribution in [-0.4, -0.2) is 36.2 Å². The highest BCUT2D eigenvalue weighted by Crippen LogP contribution is 2.35. The number of unbranched alkanes of at least 4 members (excludes halogenated alkanes) is 1. The van der Waals surface area contributed by atoms with E-state index in [2.05, 4.69) is 17.4 Å². The summed E-state index contributed by atoms with van der Waals surface area (Å²) in [6, 6.07) is 21.6. The van der Waals surface area contributed by atoms with Crippen molar-refractivity contribution in [1.29, 1.82) is 0 Å². The molecular formula is C27H25F3N2O4. The van der Waals surface area contributed by atoms with E-state index in [-0.39, 0.29) is 29.5 Å². The van der Waals surface area contributed by atoms with Gasteiger partial charge >= 0.3 is 12.1 Å². The van der Waals surface area contributed by atoms with E-state index < -0.39 is 18.0 Å². The van der Waals surface area contributed by atoms with Crippen LogP contribution in [0.15, 0.2) is 72.8 Å². The number of aryl methyl sites for hydroxylation is 1. The molecule has 1 N–H and O–H groups in total. The summed E-state index contributed by atoms with van der Waals surface area (Å²) in [6.07, 6.45) is -2.01. The molecule has 4 rings (SSSR count). The first-order valence-electron chi connectivity index (χ1n) is 11.6. The van der Waals surface area contributed by atoms with Crippen molar-refractivity contribution in [3.8, 4) is 11.5 Å². The van der Waals surface area contributed by atoms with Crippen molar-refractivity contribution < 1.29 is 32.3 Å². The van der Waals surface area contributed by atoms with Crippen LogP contribution in [0.1, 0.15) is 34.3 Å². The molecule has 0 radical (unpaired) electrons. The maximum atomic E-state index is 12.8. The quantitative estimate of drug-likeness (QED) is 0.412. The molecule has 0 saturated heterocycles. The second-order valence-electron chi connectivity index (χ2n) is 8.31. The zero-order valence-electron chi connectivity index (χ0n) is 19.4. The van der Waals surface area contributed by atoms with Crippen molar-refractivity contribution in [3.63, 3.8) is 0 Å². The second-order valence-corrected chi connectivity index (χ2v) is 8.31. The molecule has 1 aliphatic heterocycles. The normalized spacial score (nSPS) is 12.9. The third-order valence-corrected chi connectivity index (χ3v) is 5.69. The fourth-order valence-corrected chi connectivity index (χ4v) is 3.81. The average Bonchev–Trinajstić information content (AvgIpc) is 2.88. The van der Waals surface area contributed by atoms with Crippen LogP contribution in [0.2, 0.25) is 0 Å². The van der Waals surface area contributed by atoms with E-state index in [1.807, 2.05) is 18.2 Å². The van der Waals surface area contributed by atoms with Crippen LogP contribution in [0.25, 0.3) is 0 Å². The van der Waals surface area contributed by atoms with Crippen LogP contribution >= 0.6 is 0 Å². The lowest BCUT2D eigenvalue weighted by Gasteiger charge is -2.30. The molecule has 36 heavy (non-hydrogen) atoms. The van der Waals surface area contributed by atoms with Gasteiger partial charge in [-0.2, -0.15) is 18.2 Å². The van der Waals surface area contributed by atoms with Crippen LogP contribution in [0.5, 0.6) is 11.5 Å². The number of ether oxygens (including phenoxy) is 1. The van der Waals surface area contributed by atoms with Crippen LogP contribution < -0.4 is 14.9 Å². The van der Waals surface area contributed by atoms with Gasteiger partial charge < -0.3 is 14.9 Å². The highest BCUT2D eigenvalue weighted by Gasteiger charge is 2.45. The van der Waals surface area contributed by atoms with Gasteiger partial charge in [0.2, 0.25) is 0 Å². The Balaban J connectivity index is 1.31. The van der Waals surface area contributed by atoms with Gasteiger partial charge in [-0.1, -0.05) is 42.5 Å². The summed E-state index contributed by atoms with van der Waals surface area (Å²) in [5, 5.41) is 2.92. The van der Waals surface area contributed by atoms with E-state index in [1.54, 1.807) is 36.4 Å². The van der Waals surface area contributed by atoms with Gasteiger partial charge in [0, 0.05) is 11.1 Å². The number of nitrogens with one attached hydrogen (secondary N) is 1. The minimum Gasteiger partial charge on any atom is -0.494 e. The Morgan fingerprint density at radius 3 is 2.42 bits per heavy atom. The monoisotopic (exact) mass is 498 g/mol. The van der Waals surface area contributed by atoms with E-state index in [4.69, 9.17) is 9.57 Å². The number of benzene rings is 3. The lowest BCUT2D eigenvalue weighted by atomic mass is 10.1. The third kappa shape index (κ3) is 6.35. The maximum absolute atomic E-state index is 12.8. The molecule has 0 atom stereocenters. The number of carbonyl (C=O) groups is 2. The number of alkyl halides is 3. The number of nitrogens with zero attached hydrogens (tertiary/aromatic N) is 1. The Kier molecular flexibility index (Phi) is 7.77. The maximum Gasteiger partial charge on any atom is 0.474 e. The Morgan fingerprint density at radius 2 is 1.69 bits per heavy atom. The predicted octanol–water partition coefficient (Wildman–Crippen LogP) is 5.58. The fraction of sp³-hybridized carbons (Fsp3) is 0.259. The van der Waals surface area contributed by atoms with Gasteiger partial charge in [-0.15, -0.1) is 0 Å². The molecule has 6 nitrogen and oxygen atoms in total. The molecular weight excluding hydrogens is 473 g/mol. The minimum absolute atomic E-state index is 0.0187. The number of hydroxylamine groups is 2. The van der Waals surface area contributed by atoms with Crippen LogP contribution in [-0.2, 0) is 17.6 Å². The highest BCUT2D eigenvalue weighted by atomic mass is 19.4. The fourth-order valence-electron chi connectivity index (χ4n) is 3.81. The van der Waals surface area contributed by atoms with Gasteiger partial charge in [0.1, 0.15) is 5.75 Å². The molecule has 3 aromatic rings. The zero-order chi connectivity index (χ0) is 25.5. The molecule has 0 aromatic heterocycles. The largest absolute Gasteiger partial charge is 0.494 e. The first-order chi connectivity index (χ1) is 17.3. The number of anilines is 1. The summed E-state index contributed by atoms with van der Waals surface area (Å²) < 4.78 is 44.2. The molecule has 9 heteroatoms. The molecule has 0 fully saturated rings. The molecule has 0 saturated carbocycles. The van der Waals surface area contributed by atoms with Crippen LogP contribution in [0, 0.1) is 0 Å². The zero-order valence-corrected chi connectivity index (χ0v) is 19.4. The van der Waals surface area contributed by atoms with Gasteiger partial charge in [0.05, 0.1) is 18.8 Å². The molecule has 1 heterocycles. The van der Waals surface area contributed by atoms with Crippen molar-refractivity contribution in [1.82, 2.24) is 5.06 Å². The van der Waals surface area contributed by atoms with Crippen molar-refractivity contribution in [3.05, 3.63) is 89.5 Å². The van der Waals surface area contributed by atoms with Crippen molar-refractivity contribution in [2.45, 2.75) is 31.9 Å². The molecule has 0 bridgehead atoms. The molecule has 1 aliphatic rings. The predicted molar refractivity (Wildman–Crippen MR) is 128 cm³/mol. The summed E-state index contributed by atoms with van der Waals surface area (Å²) in [4.78, 5) is 29.5. The second kappa shape index (κ2) is 11.2. The van der Waals surface area contributed by atoms with Crippen LogP contribution in [0.4, 0.5) is 18.9 Å². The topological polar surface area (TPSA) is 67.9 Å². The number of carbonyl (C=O) groups excluding carboxylic acids is 2. The number of hydrogen-bond acceptors (Lipinski definition) is 4. The van der Waals surface area contributed by atoms with E-state index in [9.17, 15) is 22.8 Å². The Bertz CT molecular complexity index is 1200. The number of halogens is 3. The van der Waals surface area contributed by atoms with Gasteiger partial charge in [-0.25, -0.2) is 0 Å². The first kappa shape index (κ1) is 25.1. The molecule has 0 aliphatic carbocycles. The van der Waals surface area contributed by atoms with Crippen LogP contribution in [0.3, 0.4) is 0 Å². The van der Waals surface area contributed by atoms with Gasteiger partial charge in [-0.3, -0.25) is 9.59 Å². The van der Waals surface area contributed by atoms with E-state index >= 15 is 0 Å². The lowest BCUT2D eigenvalue weighted by Crippen LogP contribution is -2.46. The Morgan fingerprint density at radius 1 is 0.944 bits per heavy atom.